The Morgan fingerprint density at radius 2 is 1.74 bits per heavy atom. The molecular formula is C20H18F2N4O. The van der Waals surface area contributed by atoms with Crippen LogP contribution >= 0.6 is 0 Å². The van der Waals surface area contributed by atoms with Gasteiger partial charge in [0.2, 0.25) is 5.95 Å². The molecule has 0 fully saturated rings. The van der Waals surface area contributed by atoms with Crippen molar-refractivity contribution in [1.82, 2.24) is 9.97 Å². The van der Waals surface area contributed by atoms with Crippen LogP contribution in [0.4, 0.5) is 26.1 Å². The number of halogens is 2. The number of para-hydroxylation sites is 2. The smallest absolute Gasteiger partial charge is 0.274 e. The van der Waals surface area contributed by atoms with E-state index < -0.39 is 23.2 Å². The van der Waals surface area contributed by atoms with Crippen molar-refractivity contribution in [3.05, 3.63) is 77.1 Å². The zero-order chi connectivity index (χ0) is 19.4. The molecule has 0 aliphatic carbocycles. The fourth-order valence-electron chi connectivity index (χ4n) is 2.65. The van der Waals surface area contributed by atoms with Gasteiger partial charge in [-0.15, -0.1) is 0 Å². The van der Waals surface area contributed by atoms with E-state index in [4.69, 9.17) is 0 Å². The normalized spacial score (nSPS) is 10.5. The zero-order valence-corrected chi connectivity index (χ0v) is 14.9. The molecule has 1 aromatic heterocycles. The van der Waals surface area contributed by atoms with Crippen LogP contribution in [0.2, 0.25) is 0 Å². The molecule has 1 heterocycles. The van der Waals surface area contributed by atoms with Crippen LogP contribution in [0, 0.1) is 18.6 Å². The number of benzene rings is 2. The maximum absolute atomic E-state index is 13.7. The van der Waals surface area contributed by atoms with E-state index in [2.05, 4.69) is 20.6 Å². The second-order valence-electron chi connectivity index (χ2n) is 5.90. The van der Waals surface area contributed by atoms with Gasteiger partial charge in [-0.25, -0.2) is 18.7 Å². The lowest BCUT2D eigenvalue weighted by Crippen LogP contribution is -2.16. The Hall–Kier alpha value is -3.35. The first-order valence-corrected chi connectivity index (χ1v) is 8.43. The van der Waals surface area contributed by atoms with E-state index in [1.54, 1.807) is 0 Å². The average molecular weight is 368 g/mol. The first-order chi connectivity index (χ1) is 13.0. The van der Waals surface area contributed by atoms with Gasteiger partial charge in [0.15, 0.2) is 0 Å². The van der Waals surface area contributed by atoms with Gasteiger partial charge >= 0.3 is 0 Å². The maximum Gasteiger partial charge on any atom is 0.274 e. The van der Waals surface area contributed by atoms with E-state index in [0.29, 0.717) is 0 Å². The summed E-state index contributed by atoms with van der Waals surface area (Å²) in [5, 5.41) is 5.34. The molecule has 0 unspecified atom stereocenters. The topological polar surface area (TPSA) is 66.9 Å². The van der Waals surface area contributed by atoms with Crippen molar-refractivity contribution >= 4 is 23.2 Å². The molecule has 2 aromatic carbocycles. The minimum Gasteiger partial charge on any atom is -0.324 e. The highest BCUT2D eigenvalue weighted by atomic mass is 19.1. The number of carbonyl (C=O) groups is 1. The van der Waals surface area contributed by atoms with Gasteiger partial charge in [0, 0.05) is 11.9 Å². The summed E-state index contributed by atoms with van der Waals surface area (Å²) in [5.74, 6) is -2.22. The summed E-state index contributed by atoms with van der Waals surface area (Å²) in [5.41, 5.74) is 2.45. The number of anilines is 3. The molecule has 0 saturated carbocycles. The van der Waals surface area contributed by atoms with Gasteiger partial charge in [-0.2, -0.15) is 0 Å². The molecule has 0 atom stereocenters. The number of hydrogen-bond donors (Lipinski definition) is 2. The van der Waals surface area contributed by atoms with Gasteiger partial charge in [-0.05, 0) is 42.7 Å². The molecule has 2 N–H and O–H groups in total. The molecule has 138 valence electrons. The quantitative estimate of drug-likeness (QED) is 0.689. The number of amides is 1. The molecule has 7 heteroatoms. The molecule has 27 heavy (non-hydrogen) atoms. The summed E-state index contributed by atoms with van der Waals surface area (Å²) in [7, 11) is 0. The van der Waals surface area contributed by atoms with Crippen LogP contribution in [0.15, 0.2) is 48.7 Å². The number of rotatable bonds is 5. The van der Waals surface area contributed by atoms with E-state index in [1.807, 2.05) is 32.0 Å². The predicted molar refractivity (Wildman–Crippen MR) is 100 cm³/mol. The van der Waals surface area contributed by atoms with Gasteiger partial charge in [0.25, 0.3) is 5.91 Å². The van der Waals surface area contributed by atoms with Crippen molar-refractivity contribution in [1.29, 1.82) is 0 Å². The van der Waals surface area contributed by atoms with Crippen molar-refractivity contribution in [3.8, 4) is 0 Å². The van der Waals surface area contributed by atoms with Crippen LogP contribution in [0.5, 0.6) is 0 Å². The van der Waals surface area contributed by atoms with Crippen molar-refractivity contribution in [2.45, 2.75) is 20.3 Å². The number of nitrogens with zero attached hydrogens (tertiary/aromatic N) is 2. The fraction of sp³-hybridized carbons (Fsp3) is 0.150. The Balaban J connectivity index is 1.85. The van der Waals surface area contributed by atoms with E-state index in [1.165, 1.54) is 18.3 Å². The molecule has 0 aliphatic rings. The predicted octanol–water partition coefficient (Wildman–Crippen LogP) is 4.62. The van der Waals surface area contributed by atoms with E-state index >= 15 is 0 Å². The first-order valence-electron chi connectivity index (χ1n) is 8.43. The molecule has 5 nitrogen and oxygen atoms in total. The molecule has 0 radical (unpaired) electrons. The van der Waals surface area contributed by atoms with Crippen LogP contribution in [0.3, 0.4) is 0 Å². The van der Waals surface area contributed by atoms with Crippen LogP contribution in [-0.2, 0) is 6.42 Å². The highest BCUT2D eigenvalue weighted by molar-refractivity contribution is 6.03. The first kappa shape index (κ1) is 18.4. The molecule has 0 saturated heterocycles. The standard InChI is InChI=1S/C20H18F2N4O/c1-3-13-7-4-6-12(2)17(13)26-20-23-11-10-16(24-20)19(27)25-18-14(21)8-5-9-15(18)22/h4-11H,3H2,1-2H3,(H,25,27)(H,23,24,26). The van der Waals surface area contributed by atoms with Crippen LogP contribution in [0.1, 0.15) is 28.5 Å². The lowest BCUT2D eigenvalue weighted by molar-refractivity contribution is 0.102. The molecule has 0 spiro atoms. The van der Waals surface area contributed by atoms with E-state index in [-0.39, 0.29) is 11.6 Å². The molecule has 3 rings (SSSR count). The summed E-state index contributed by atoms with van der Waals surface area (Å²) in [6.45, 7) is 3.99. The molecule has 3 aromatic rings. The minimum atomic E-state index is -0.858. The van der Waals surface area contributed by atoms with E-state index in [0.717, 1.165) is 35.4 Å². The Morgan fingerprint density at radius 1 is 1.04 bits per heavy atom. The maximum atomic E-state index is 13.7. The zero-order valence-electron chi connectivity index (χ0n) is 14.9. The van der Waals surface area contributed by atoms with Crippen molar-refractivity contribution in [3.63, 3.8) is 0 Å². The van der Waals surface area contributed by atoms with Crippen LogP contribution in [-0.4, -0.2) is 15.9 Å². The summed E-state index contributed by atoms with van der Waals surface area (Å²) < 4.78 is 27.4. The largest absolute Gasteiger partial charge is 0.324 e. The molecule has 0 bridgehead atoms. The average Bonchev–Trinajstić information content (AvgIpc) is 2.66. The number of aromatic nitrogens is 2. The summed E-state index contributed by atoms with van der Waals surface area (Å²) in [4.78, 5) is 20.6. The highest BCUT2D eigenvalue weighted by Crippen LogP contribution is 2.24. The van der Waals surface area contributed by atoms with Crippen LogP contribution in [0.25, 0.3) is 0 Å². The number of nitrogens with one attached hydrogen (secondary N) is 2. The monoisotopic (exact) mass is 368 g/mol. The van der Waals surface area contributed by atoms with Gasteiger partial charge in [0.05, 0.1) is 0 Å². The van der Waals surface area contributed by atoms with Gasteiger partial charge in [-0.3, -0.25) is 4.79 Å². The number of aryl methyl sites for hydroxylation is 2. The second-order valence-corrected chi connectivity index (χ2v) is 5.90. The van der Waals surface area contributed by atoms with Gasteiger partial charge in [-0.1, -0.05) is 31.2 Å². The van der Waals surface area contributed by atoms with E-state index in [9.17, 15) is 13.6 Å². The molecular weight excluding hydrogens is 350 g/mol. The highest BCUT2D eigenvalue weighted by Gasteiger charge is 2.15. The van der Waals surface area contributed by atoms with Gasteiger partial charge < -0.3 is 10.6 Å². The minimum absolute atomic E-state index is 0.0122. The molecule has 0 aliphatic heterocycles. The SMILES string of the molecule is CCc1cccc(C)c1Nc1nccc(C(=O)Nc2c(F)cccc2F)n1. The number of carbonyl (C=O) groups excluding carboxylic acids is 1. The lowest BCUT2D eigenvalue weighted by Gasteiger charge is -2.13. The molecule has 1 amide bonds. The fourth-order valence-corrected chi connectivity index (χ4v) is 2.65. The summed E-state index contributed by atoms with van der Waals surface area (Å²) >= 11 is 0. The Morgan fingerprint density at radius 3 is 2.44 bits per heavy atom. The third-order valence-corrected chi connectivity index (χ3v) is 4.07. The summed E-state index contributed by atoms with van der Waals surface area (Å²) in [6.07, 6.45) is 2.22. The second kappa shape index (κ2) is 7.90. The number of hydrogen-bond acceptors (Lipinski definition) is 4. The Labute approximate surface area is 155 Å². The van der Waals surface area contributed by atoms with Crippen LogP contribution < -0.4 is 10.6 Å². The third kappa shape index (κ3) is 4.08. The van der Waals surface area contributed by atoms with Gasteiger partial charge in [0.1, 0.15) is 23.0 Å². The lowest BCUT2D eigenvalue weighted by atomic mass is 10.1. The Bertz CT molecular complexity index is 971. The van der Waals surface area contributed by atoms with Crippen molar-refractivity contribution < 1.29 is 13.6 Å². The third-order valence-electron chi connectivity index (χ3n) is 4.07. The van der Waals surface area contributed by atoms with Crippen molar-refractivity contribution in [2.75, 3.05) is 10.6 Å². The van der Waals surface area contributed by atoms with Crippen molar-refractivity contribution in [2.24, 2.45) is 0 Å². The Kier molecular flexibility index (Phi) is 5.40. The summed E-state index contributed by atoms with van der Waals surface area (Å²) in [6, 6.07) is 10.6.